The number of aliphatic hydroxyl groups excluding tert-OH is 1. The first-order valence-corrected chi connectivity index (χ1v) is 12.2. The third-order valence-corrected chi connectivity index (χ3v) is 6.85. The van der Waals surface area contributed by atoms with E-state index >= 15 is 0 Å². The van der Waals surface area contributed by atoms with Crippen LogP contribution in [0, 0.1) is 0 Å². The first-order valence-electron chi connectivity index (χ1n) is 11.4. The number of aliphatic hydroxyl groups is 1. The number of thiazole rings is 1. The Balaban J connectivity index is 1.47. The molecule has 0 radical (unpaired) electrons. The van der Waals surface area contributed by atoms with Crippen molar-refractivity contribution in [1.82, 2.24) is 10.3 Å². The van der Waals surface area contributed by atoms with Gasteiger partial charge in [0.1, 0.15) is 17.3 Å². The molecule has 2 aliphatic rings. The van der Waals surface area contributed by atoms with E-state index in [0.717, 1.165) is 28.3 Å². The second kappa shape index (κ2) is 10.6. The van der Waals surface area contributed by atoms with Crippen molar-refractivity contribution in [3.05, 3.63) is 40.4 Å². The van der Waals surface area contributed by atoms with Gasteiger partial charge in [0.05, 0.1) is 13.2 Å². The van der Waals surface area contributed by atoms with Gasteiger partial charge >= 0.3 is 5.97 Å². The smallest absolute Gasteiger partial charge is 0.354 e. The summed E-state index contributed by atoms with van der Waals surface area (Å²) in [6.45, 7) is 1.85. The van der Waals surface area contributed by atoms with Gasteiger partial charge in [0.15, 0.2) is 23.2 Å². The highest BCUT2D eigenvalue weighted by atomic mass is 32.1. The summed E-state index contributed by atoms with van der Waals surface area (Å²) in [4.78, 5) is 37.6. The number of aryl methyl sites for hydroxylation is 1. The minimum Gasteiger partial charge on any atom is -0.485 e. The lowest BCUT2D eigenvalue weighted by atomic mass is 9.90. The molecule has 1 aromatic carbocycles. The Bertz CT molecular complexity index is 1200. The molecule has 13 heteroatoms. The molecule has 4 rings (SSSR count). The minimum absolute atomic E-state index is 0.0600. The largest absolute Gasteiger partial charge is 0.485 e. The zero-order chi connectivity index (χ0) is 25.9. The fourth-order valence-electron chi connectivity index (χ4n) is 4.07. The van der Waals surface area contributed by atoms with E-state index in [1.54, 1.807) is 6.07 Å². The molecule has 0 amide bonds. The summed E-state index contributed by atoms with van der Waals surface area (Å²) in [6, 6.07) is 5.33. The highest BCUT2D eigenvalue weighted by molar-refractivity contribution is 7.13. The van der Waals surface area contributed by atoms with Gasteiger partial charge in [-0.1, -0.05) is 5.16 Å². The van der Waals surface area contributed by atoms with Gasteiger partial charge < -0.3 is 36.6 Å². The van der Waals surface area contributed by atoms with Crippen molar-refractivity contribution in [3.8, 4) is 5.75 Å². The molecule has 0 bridgehead atoms. The van der Waals surface area contributed by atoms with Crippen LogP contribution in [0.2, 0.25) is 0 Å². The Hall–Kier alpha value is -3.55. The van der Waals surface area contributed by atoms with E-state index in [4.69, 9.17) is 21.0 Å². The zero-order valence-electron chi connectivity index (χ0n) is 19.6. The maximum absolute atomic E-state index is 12.2. The number of aromatic nitrogens is 1. The number of nitrogens with one attached hydrogen (secondary N) is 1. The van der Waals surface area contributed by atoms with E-state index in [-0.39, 0.29) is 35.2 Å². The number of carbonyl (C=O) groups excluding carboxylic acids is 1. The first-order chi connectivity index (χ1) is 17.2. The molecule has 1 aromatic heterocycles. The highest BCUT2D eigenvalue weighted by Crippen LogP contribution is 2.34. The Labute approximate surface area is 211 Å². The van der Waals surface area contributed by atoms with Crippen LogP contribution in [-0.4, -0.2) is 75.9 Å². The van der Waals surface area contributed by atoms with Crippen LogP contribution in [0.3, 0.4) is 0 Å². The highest BCUT2D eigenvalue weighted by Gasteiger charge is 2.48. The number of aliphatic imine (C=N–C) groups is 1. The van der Waals surface area contributed by atoms with Crippen molar-refractivity contribution >= 4 is 40.3 Å². The van der Waals surface area contributed by atoms with Crippen molar-refractivity contribution in [2.75, 3.05) is 18.9 Å². The molecule has 0 spiro atoms. The van der Waals surface area contributed by atoms with Gasteiger partial charge in [-0.15, -0.1) is 11.3 Å². The molecule has 36 heavy (non-hydrogen) atoms. The van der Waals surface area contributed by atoms with Gasteiger partial charge in [0.2, 0.25) is 0 Å². The van der Waals surface area contributed by atoms with E-state index in [9.17, 15) is 19.8 Å². The average Bonchev–Trinajstić information content (AvgIpc) is 3.52. The topological polar surface area (TPSA) is 195 Å². The molecule has 2 aliphatic heterocycles. The molecule has 3 heterocycles. The van der Waals surface area contributed by atoms with Crippen LogP contribution in [-0.2, 0) is 20.8 Å². The molecule has 192 valence electrons. The lowest BCUT2D eigenvalue weighted by Gasteiger charge is -2.35. The number of oxime groups is 1. The number of rotatable bonds is 10. The van der Waals surface area contributed by atoms with E-state index in [2.05, 4.69) is 20.4 Å². The summed E-state index contributed by atoms with van der Waals surface area (Å²) in [5.41, 5.74) is 11.4. The summed E-state index contributed by atoms with van der Waals surface area (Å²) < 4.78 is 6.04. The number of nitrogens with two attached hydrogens (primary N) is 2. The SMILES string of the molecule is CC(O/N=C(\C=O)c1csc(N)n1)(C(=O)O)C1CCc2cc(C3=NCC(CC(N)CO)N3)ccc2O1. The summed E-state index contributed by atoms with van der Waals surface area (Å²) in [5.74, 6) is -0.00133. The number of aldehydes is 1. The molecule has 0 saturated carbocycles. The van der Waals surface area contributed by atoms with E-state index in [1.165, 1.54) is 12.3 Å². The average molecular weight is 517 g/mol. The van der Waals surface area contributed by atoms with Crippen molar-refractivity contribution < 1.29 is 29.4 Å². The third kappa shape index (κ3) is 5.32. The van der Waals surface area contributed by atoms with Gasteiger partial charge in [-0.3, -0.25) is 9.79 Å². The van der Waals surface area contributed by atoms with Gasteiger partial charge in [0, 0.05) is 23.0 Å². The number of nitrogens with zero attached hydrogens (tertiary/aromatic N) is 3. The van der Waals surface area contributed by atoms with Crippen LogP contribution in [0.15, 0.2) is 33.7 Å². The number of hydrogen-bond donors (Lipinski definition) is 5. The van der Waals surface area contributed by atoms with Crippen LogP contribution in [0.5, 0.6) is 5.75 Å². The second-order valence-corrected chi connectivity index (χ2v) is 9.74. The van der Waals surface area contributed by atoms with Crippen molar-refractivity contribution in [1.29, 1.82) is 0 Å². The van der Waals surface area contributed by atoms with Gasteiger partial charge in [0.25, 0.3) is 5.60 Å². The normalized spacial score (nSPS) is 21.9. The van der Waals surface area contributed by atoms with Gasteiger partial charge in [-0.25, -0.2) is 9.78 Å². The zero-order valence-corrected chi connectivity index (χ0v) is 20.4. The number of hydrogen-bond acceptors (Lipinski definition) is 12. The Kier molecular flexibility index (Phi) is 7.52. The lowest BCUT2D eigenvalue weighted by Crippen LogP contribution is -2.52. The molecule has 0 saturated heterocycles. The number of aliphatic carboxylic acids is 1. The molecular formula is C23H28N6O6S. The van der Waals surface area contributed by atoms with Crippen molar-refractivity contribution in [2.45, 2.75) is 50.0 Å². The van der Waals surface area contributed by atoms with Crippen molar-refractivity contribution in [2.24, 2.45) is 15.9 Å². The summed E-state index contributed by atoms with van der Waals surface area (Å²) in [7, 11) is 0. The Morgan fingerprint density at radius 1 is 1.50 bits per heavy atom. The summed E-state index contributed by atoms with van der Waals surface area (Å²) >= 11 is 1.12. The maximum atomic E-state index is 12.2. The number of nitrogen functional groups attached to an aromatic ring is 1. The number of amidine groups is 1. The molecule has 2 aromatic rings. The standard InChI is InChI=1S/C23H28N6O6S/c1-23(21(32)33,35-29-16(10-31)17-11-36-22(25)28-17)19-5-3-12-6-13(2-4-18(12)34-19)20-26-8-15(27-20)7-14(24)9-30/h2,4,6,10-11,14-15,19,30H,3,5,7-9,24H2,1H3,(H2,25,28)(H,26,27)(H,32,33)/b29-16+. The molecule has 0 aliphatic carbocycles. The minimum atomic E-state index is -1.86. The summed E-state index contributed by atoms with van der Waals surface area (Å²) in [6.07, 6.45) is 1.06. The fraction of sp³-hybridized carbons (Fsp3) is 0.435. The fourth-order valence-corrected chi connectivity index (χ4v) is 4.63. The molecule has 12 nitrogen and oxygen atoms in total. The van der Waals surface area contributed by atoms with Crippen LogP contribution in [0.1, 0.15) is 36.6 Å². The predicted octanol–water partition coefficient (Wildman–Crippen LogP) is 0.310. The molecule has 7 N–H and O–H groups in total. The van der Waals surface area contributed by atoms with Crippen LogP contribution < -0.4 is 21.5 Å². The second-order valence-electron chi connectivity index (χ2n) is 8.85. The number of anilines is 1. The number of fused-ring (bicyclic) bond motifs is 1. The maximum Gasteiger partial charge on any atom is 0.354 e. The van der Waals surface area contributed by atoms with Crippen LogP contribution in [0.25, 0.3) is 0 Å². The van der Waals surface area contributed by atoms with E-state index < -0.39 is 17.7 Å². The summed E-state index contributed by atoms with van der Waals surface area (Å²) in [5, 5.41) is 28.0. The quantitative estimate of drug-likeness (QED) is 0.167. The first kappa shape index (κ1) is 25.5. The van der Waals surface area contributed by atoms with Crippen molar-refractivity contribution in [3.63, 3.8) is 0 Å². The third-order valence-electron chi connectivity index (χ3n) is 6.18. The monoisotopic (exact) mass is 516 g/mol. The van der Waals surface area contributed by atoms with E-state index in [0.29, 0.717) is 37.8 Å². The number of ether oxygens (including phenoxy) is 1. The predicted molar refractivity (Wildman–Crippen MR) is 133 cm³/mol. The number of carboxylic acids is 1. The number of carboxylic acid groups (broad SMARTS) is 1. The molecule has 4 unspecified atom stereocenters. The van der Waals surface area contributed by atoms with Crippen LogP contribution >= 0.6 is 11.3 Å². The number of carbonyl (C=O) groups is 2. The lowest BCUT2D eigenvalue weighted by molar-refractivity contribution is -0.178. The van der Waals surface area contributed by atoms with E-state index in [1.807, 2.05) is 12.1 Å². The molecule has 4 atom stereocenters. The van der Waals surface area contributed by atoms with Gasteiger partial charge in [-0.05, 0) is 49.9 Å². The Morgan fingerprint density at radius 2 is 2.31 bits per heavy atom. The Morgan fingerprint density at radius 3 is 2.97 bits per heavy atom. The molecular weight excluding hydrogens is 488 g/mol. The van der Waals surface area contributed by atoms with Crippen LogP contribution in [0.4, 0.5) is 5.13 Å². The van der Waals surface area contributed by atoms with Gasteiger partial charge in [-0.2, -0.15) is 0 Å². The molecule has 0 fully saturated rings. The number of benzene rings is 1.